The van der Waals surface area contributed by atoms with Crippen molar-refractivity contribution in [1.82, 2.24) is 9.88 Å². The van der Waals surface area contributed by atoms with Crippen molar-refractivity contribution in [1.29, 1.82) is 0 Å². The summed E-state index contributed by atoms with van der Waals surface area (Å²) in [5, 5.41) is 3.00. The van der Waals surface area contributed by atoms with Crippen molar-refractivity contribution in [3.05, 3.63) is 107 Å². The van der Waals surface area contributed by atoms with E-state index in [2.05, 4.69) is 4.98 Å². The van der Waals surface area contributed by atoms with Crippen molar-refractivity contribution in [2.75, 3.05) is 20.3 Å². The van der Waals surface area contributed by atoms with Gasteiger partial charge < -0.3 is 18.6 Å². The number of amides is 2. The summed E-state index contributed by atoms with van der Waals surface area (Å²) in [6, 6.07) is 25.1. The van der Waals surface area contributed by atoms with Gasteiger partial charge in [0, 0.05) is 25.5 Å². The summed E-state index contributed by atoms with van der Waals surface area (Å²) in [6.45, 7) is 2.52. The van der Waals surface area contributed by atoms with Crippen molar-refractivity contribution in [3.63, 3.8) is 0 Å². The summed E-state index contributed by atoms with van der Waals surface area (Å²) in [4.78, 5) is 32.1. The van der Waals surface area contributed by atoms with Gasteiger partial charge in [-0.2, -0.15) is 0 Å². The topological polar surface area (TPSA) is 91.1 Å². The molecule has 3 aromatic carbocycles. The molecule has 2 unspecified atom stereocenters. The maximum absolute atomic E-state index is 13.6. The average Bonchev–Trinajstić information content (AvgIpc) is 3.76. The van der Waals surface area contributed by atoms with Crippen molar-refractivity contribution >= 4 is 33.4 Å². The lowest BCUT2D eigenvalue weighted by Crippen LogP contribution is -2.47. The summed E-state index contributed by atoms with van der Waals surface area (Å²) in [5.41, 5.74) is 3.78. The molecule has 43 heavy (non-hydrogen) atoms. The van der Waals surface area contributed by atoms with Gasteiger partial charge in [0.25, 0.3) is 5.91 Å². The van der Waals surface area contributed by atoms with Crippen LogP contribution in [0.2, 0.25) is 0 Å². The number of thiophene rings is 1. The normalized spacial score (nSPS) is 15.5. The molecule has 0 aliphatic carbocycles. The predicted octanol–water partition coefficient (Wildman–Crippen LogP) is 6.63. The summed E-state index contributed by atoms with van der Waals surface area (Å²) in [6.07, 6.45) is -0.0294. The number of carbonyl (C=O) groups excluding carboxylic acids is 2. The van der Waals surface area contributed by atoms with Crippen LogP contribution in [0, 0.1) is 6.92 Å². The first kappa shape index (κ1) is 28.6. The maximum Gasteiger partial charge on any atom is 0.417 e. The zero-order chi connectivity index (χ0) is 29.8. The van der Waals surface area contributed by atoms with E-state index in [1.807, 2.05) is 91.2 Å². The highest BCUT2D eigenvalue weighted by atomic mass is 32.1. The second-order valence-corrected chi connectivity index (χ2v) is 11.3. The number of imide groups is 1. The van der Waals surface area contributed by atoms with E-state index in [4.69, 9.17) is 18.6 Å². The number of oxazole rings is 1. The Morgan fingerprint density at radius 3 is 2.60 bits per heavy atom. The van der Waals surface area contributed by atoms with Crippen molar-refractivity contribution < 1.29 is 28.2 Å². The van der Waals surface area contributed by atoms with Crippen LogP contribution in [0.5, 0.6) is 5.75 Å². The zero-order valence-electron chi connectivity index (χ0n) is 24.0. The number of rotatable bonds is 11. The smallest absolute Gasteiger partial charge is 0.417 e. The van der Waals surface area contributed by atoms with Gasteiger partial charge in [0.05, 0.1) is 23.0 Å². The first-order valence-electron chi connectivity index (χ1n) is 14.2. The first-order valence-corrected chi connectivity index (χ1v) is 15.1. The molecule has 2 atom stereocenters. The highest BCUT2D eigenvalue weighted by molar-refractivity contribution is 7.17. The summed E-state index contributed by atoms with van der Waals surface area (Å²) in [5.74, 6) is 1.76. The minimum atomic E-state index is -0.840. The lowest BCUT2D eigenvalue weighted by atomic mass is 10.0. The standard InChI is InChI=1S/C34H32N2O6S/c1-22-28(35-32(42-22)24-11-7-4-8-12-24)15-17-40-29-14-13-25(27-16-18-43-31(27)29)20-30(39-2)33(37)36-26(21-41-34(36)38)19-23-9-5-3-6-10-23/h3-14,16,18,26,30H,15,17,19-21H2,1-2H3. The quantitative estimate of drug-likeness (QED) is 0.169. The van der Waals surface area contributed by atoms with Crippen molar-refractivity contribution in [3.8, 4) is 17.2 Å². The van der Waals surface area contributed by atoms with Crippen LogP contribution in [0.3, 0.4) is 0 Å². The van der Waals surface area contributed by atoms with E-state index in [1.54, 1.807) is 11.3 Å². The van der Waals surface area contributed by atoms with Gasteiger partial charge in [-0.3, -0.25) is 4.79 Å². The Morgan fingerprint density at radius 2 is 1.84 bits per heavy atom. The Morgan fingerprint density at radius 1 is 1.07 bits per heavy atom. The molecule has 0 N–H and O–H groups in total. The molecule has 5 aromatic rings. The second-order valence-electron chi connectivity index (χ2n) is 10.4. The molecule has 1 aliphatic rings. The van der Waals surface area contributed by atoms with Gasteiger partial charge in [0.1, 0.15) is 24.2 Å². The van der Waals surface area contributed by atoms with E-state index in [1.165, 1.54) is 12.0 Å². The second kappa shape index (κ2) is 12.8. The van der Waals surface area contributed by atoms with Crippen LogP contribution < -0.4 is 4.74 Å². The molecule has 9 heteroatoms. The van der Waals surface area contributed by atoms with Crippen LogP contribution in [0.4, 0.5) is 4.79 Å². The Bertz CT molecular complexity index is 1720. The monoisotopic (exact) mass is 596 g/mol. The zero-order valence-corrected chi connectivity index (χ0v) is 24.8. The lowest BCUT2D eigenvalue weighted by Gasteiger charge is -2.24. The number of hydrogen-bond acceptors (Lipinski definition) is 8. The Balaban J connectivity index is 1.13. The maximum atomic E-state index is 13.6. The molecular weight excluding hydrogens is 564 g/mol. The molecule has 2 amide bonds. The third-order valence-corrected chi connectivity index (χ3v) is 8.59. The van der Waals surface area contributed by atoms with Gasteiger partial charge in [-0.05, 0) is 59.5 Å². The number of fused-ring (bicyclic) bond motifs is 1. The number of cyclic esters (lactones) is 1. The molecule has 0 radical (unpaired) electrons. The molecule has 0 bridgehead atoms. The SMILES string of the molecule is COC(Cc1ccc(OCCc2nc(-c3ccccc3)oc2C)c2sccc12)C(=O)N1C(=O)OCC1Cc1ccccc1. The first-order chi connectivity index (χ1) is 21.0. The van der Waals surface area contributed by atoms with Crippen LogP contribution in [0.15, 0.2) is 88.7 Å². The molecule has 2 aromatic heterocycles. The van der Waals surface area contributed by atoms with Gasteiger partial charge in [-0.1, -0.05) is 54.6 Å². The minimum absolute atomic E-state index is 0.165. The fourth-order valence-corrected chi connectivity index (χ4v) is 6.31. The Hall–Kier alpha value is -4.47. The van der Waals surface area contributed by atoms with Crippen LogP contribution in [0.1, 0.15) is 22.6 Å². The molecule has 220 valence electrons. The Labute approximate surface area is 253 Å². The summed E-state index contributed by atoms with van der Waals surface area (Å²) < 4.78 is 24.0. The van der Waals surface area contributed by atoms with E-state index < -0.39 is 18.1 Å². The molecule has 1 fully saturated rings. The molecule has 1 saturated heterocycles. The van der Waals surface area contributed by atoms with E-state index in [0.29, 0.717) is 31.8 Å². The molecule has 1 aliphatic heterocycles. The van der Waals surface area contributed by atoms with Crippen LogP contribution in [-0.2, 0) is 33.5 Å². The van der Waals surface area contributed by atoms with Gasteiger partial charge >= 0.3 is 6.09 Å². The fraction of sp³-hybridized carbons (Fsp3) is 0.265. The molecule has 6 rings (SSSR count). The number of aryl methyl sites for hydroxylation is 1. The van der Waals surface area contributed by atoms with Crippen LogP contribution >= 0.6 is 11.3 Å². The third kappa shape index (κ3) is 6.18. The largest absolute Gasteiger partial charge is 0.492 e. The predicted molar refractivity (Wildman–Crippen MR) is 164 cm³/mol. The highest BCUT2D eigenvalue weighted by Gasteiger charge is 2.41. The van der Waals surface area contributed by atoms with Crippen LogP contribution in [-0.4, -0.2) is 54.4 Å². The third-order valence-electron chi connectivity index (χ3n) is 7.66. The molecule has 8 nitrogen and oxygen atoms in total. The van der Waals surface area contributed by atoms with Crippen molar-refractivity contribution in [2.24, 2.45) is 0 Å². The van der Waals surface area contributed by atoms with E-state index >= 15 is 0 Å². The van der Waals surface area contributed by atoms with Gasteiger partial charge in [-0.25, -0.2) is 14.7 Å². The van der Waals surface area contributed by atoms with E-state index in [0.717, 1.165) is 44.0 Å². The van der Waals surface area contributed by atoms with Gasteiger partial charge in [0.15, 0.2) is 0 Å². The lowest BCUT2D eigenvalue weighted by molar-refractivity contribution is -0.139. The molecular formula is C34H32N2O6S. The molecule has 0 spiro atoms. The number of carbonyl (C=O) groups is 2. The molecule has 3 heterocycles. The number of benzene rings is 3. The van der Waals surface area contributed by atoms with Crippen molar-refractivity contribution in [2.45, 2.75) is 38.3 Å². The number of ether oxygens (including phenoxy) is 3. The summed E-state index contributed by atoms with van der Waals surface area (Å²) >= 11 is 1.58. The summed E-state index contributed by atoms with van der Waals surface area (Å²) in [7, 11) is 1.49. The fourth-order valence-electron chi connectivity index (χ4n) is 5.40. The number of aromatic nitrogens is 1. The van der Waals surface area contributed by atoms with Crippen LogP contribution in [0.25, 0.3) is 21.5 Å². The van der Waals surface area contributed by atoms with Gasteiger partial charge in [0.2, 0.25) is 5.89 Å². The number of nitrogens with zero attached hydrogens (tertiary/aromatic N) is 2. The highest BCUT2D eigenvalue weighted by Crippen LogP contribution is 2.35. The van der Waals surface area contributed by atoms with E-state index in [-0.39, 0.29) is 12.6 Å². The average molecular weight is 597 g/mol. The van der Waals surface area contributed by atoms with Gasteiger partial charge in [-0.15, -0.1) is 11.3 Å². The number of methoxy groups -OCH3 is 1. The number of hydrogen-bond donors (Lipinski definition) is 0. The van der Waals surface area contributed by atoms with E-state index in [9.17, 15) is 9.59 Å². The Kier molecular flexibility index (Phi) is 8.53. The minimum Gasteiger partial charge on any atom is -0.492 e. The molecule has 0 saturated carbocycles.